The van der Waals surface area contributed by atoms with E-state index in [0.717, 1.165) is 16.8 Å². The van der Waals surface area contributed by atoms with Gasteiger partial charge >= 0.3 is 5.97 Å². The molecule has 102 valence electrons. The number of hydrogen-bond acceptors (Lipinski definition) is 4. The molecule has 2 aromatic rings. The van der Waals surface area contributed by atoms with Crippen molar-refractivity contribution in [1.29, 1.82) is 5.53 Å². The van der Waals surface area contributed by atoms with E-state index in [1.54, 1.807) is 12.1 Å². The summed E-state index contributed by atoms with van der Waals surface area (Å²) in [5.74, 6) is -1.08. The number of hydrogen-bond donors (Lipinski definition) is 2. The average Bonchev–Trinajstić information content (AvgIpc) is 2.46. The van der Waals surface area contributed by atoms with Crippen LogP contribution in [0.3, 0.4) is 0 Å². The van der Waals surface area contributed by atoms with E-state index < -0.39 is 5.97 Å². The second-order valence-corrected chi connectivity index (χ2v) is 4.59. The Bertz CT molecular complexity index is 649. The summed E-state index contributed by atoms with van der Waals surface area (Å²) in [6.07, 6.45) is 0. The summed E-state index contributed by atoms with van der Waals surface area (Å²) in [6.45, 7) is 0. The van der Waals surface area contributed by atoms with Gasteiger partial charge in [-0.05, 0) is 35.4 Å². The molecule has 5 nitrogen and oxygen atoms in total. The summed E-state index contributed by atoms with van der Waals surface area (Å²) in [4.78, 5) is 13.0. The van der Waals surface area contributed by atoms with Crippen molar-refractivity contribution in [3.63, 3.8) is 0 Å². The van der Waals surface area contributed by atoms with E-state index in [0.29, 0.717) is 0 Å². The van der Waals surface area contributed by atoms with Crippen molar-refractivity contribution >= 4 is 17.3 Å². The first-order valence-electron chi connectivity index (χ1n) is 6.05. The summed E-state index contributed by atoms with van der Waals surface area (Å²) in [5, 5.41) is 12.3. The lowest BCUT2D eigenvalue weighted by Crippen LogP contribution is -2.07. The number of carbonyl (C=O) groups is 1. The van der Waals surface area contributed by atoms with Crippen molar-refractivity contribution in [2.24, 2.45) is 5.11 Å². The van der Waals surface area contributed by atoms with Crippen molar-refractivity contribution in [3.05, 3.63) is 48.0 Å². The molecular weight excluding hydrogens is 254 g/mol. The molecule has 0 spiro atoms. The molecule has 0 bridgehead atoms. The third kappa shape index (κ3) is 2.66. The van der Waals surface area contributed by atoms with Crippen LogP contribution in [0, 0.1) is 5.53 Å². The first-order valence-corrected chi connectivity index (χ1v) is 6.05. The monoisotopic (exact) mass is 269 g/mol. The molecule has 0 saturated heterocycles. The Morgan fingerprint density at radius 1 is 1.10 bits per heavy atom. The van der Waals surface area contributed by atoms with Gasteiger partial charge in [-0.15, -0.1) is 0 Å². The Morgan fingerprint density at radius 3 is 2.20 bits per heavy atom. The Kier molecular flexibility index (Phi) is 3.79. The number of nitrogens with zero attached hydrogens (tertiary/aromatic N) is 2. The first-order chi connectivity index (χ1) is 9.52. The predicted octanol–water partition coefficient (Wildman–Crippen LogP) is 3.78. The van der Waals surface area contributed by atoms with Crippen LogP contribution < -0.4 is 4.90 Å². The molecule has 0 aliphatic carbocycles. The van der Waals surface area contributed by atoms with Crippen LogP contribution in [0.5, 0.6) is 0 Å². The minimum Gasteiger partial charge on any atom is -0.478 e. The highest BCUT2D eigenvalue weighted by atomic mass is 16.4. The largest absolute Gasteiger partial charge is 0.478 e. The quantitative estimate of drug-likeness (QED) is 0.829. The molecule has 2 aromatic carbocycles. The molecule has 0 unspecified atom stereocenters. The van der Waals surface area contributed by atoms with Crippen LogP contribution in [0.15, 0.2) is 47.6 Å². The van der Waals surface area contributed by atoms with Gasteiger partial charge in [-0.1, -0.05) is 18.2 Å². The van der Waals surface area contributed by atoms with Gasteiger partial charge in [-0.3, -0.25) is 0 Å². The molecule has 0 aromatic heterocycles. The fraction of sp³-hybridized carbons (Fsp3) is 0.133. The fourth-order valence-corrected chi connectivity index (χ4v) is 1.94. The Balaban J connectivity index is 2.42. The van der Waals surface area contributed by atoms with Gasteiger partial charge in [0.15, 0.2) is 0 Å². The molecule has 5 heteroatoms. The van der Waals surface area contributed by atoms with Gasteiger partial charge in [-0.25, -0.2) is 10.3 Å². The van der Waals surface area contributed by atoms with Gasteiger partial charge < -0.3 is 10.0 Å². The maximum absolute atomic E-state index is 11.0. The van der Waals surface area contributed by atoms with Crippen LogP contribution in [0.4, 0.5) is 11.4 Å². The van der Waals surface area contributed by atoms with Crippen molar-refractivity contribution in [2.45, 2.75) is 0 Å². The molecule has 0 heterocycles. The fourth-order valence-electron chi connectivity index (χ4n) is 1.94. The number of rotatable bonds is 4. The lowest BCUT2D eigenvalue weighted by Gasteiger charge is -2.13. The zero-order valence-corrected chi connectivity index (χ0v) is 11.3. The lowest BCUT2D eigenvalue weighted by molar-refractivity contribution is 0.0697. The van der Waals surface area contributed by atoms with Crippen molar-refractivity contribution < 1.29 is 9.90 Å². The second-order valence-electron chi connectivity index (χ2n) is 4.59. The number of anilines is 1. The van der Waals surface area contributed by atoms with Gasteiger partial charge in [-0.2, -0.15) is 5.11 Å². The molecule has 0 aliphatic heterocycles. The molecule has 0 fully saturated rings. The van der Waals surface area contributed by atoms with E-state index in [4.69, 9.17) is 10.6 Å². The van der Waals surface area contributed by atoms with Crippen molar-refractivity contribution in [3.8, 4) is 11.1 Å². The number of aromatic carboxylic acids is 1. The number of carboxylic acid groups (broad SMARTS) is 1. The van der Waals surface area contributed by atoms with Crippen LogP contribution >= 0.6 is 0 Å². The van der Waals surface area contributed by atoms with Crippen LogP contribution in [0.25, 0.3) is 11.1 Å². The Labute approximate surface area is 117 Å². The lowest BCUT2D eigenvalue weighted by atomic mass is 10.0. The highest BCUT2D eigenvalue weighted by Crippen LogP contribution is 2.28. The maximum atomic E-state index is 11.0. The van der Waals surface area contributed by atoms with Gasteiger partial charge in [0, 0.05) is 19.8 Å². The smallest absolute Gasteiger partial charge is 0.337 e. The van der Waals surface area contributed by atoms with E-state index in [2.05, 4.69) is 5.11 Å². The molecule has 20 heavy (non-hydrogen) atoms. The summed E-state index contributed by atoms with van der Waals surface area (Å²) in [6, 6.07) is 12.7. The van der Waals surface area contributed by atoms with Crippen LogP contribution in [-0.2, 0) is 0 Å². The number of carboxylic acids is 1. The summed E-state index contributed by atoms with van der Waals surface area (Å²) < 4.78 is 0. The molecule has 0 saturated carbocycles. The maximum Gasteiger partial charge on any atom is 0.337 e. The molecule has 0 aliphatic rings. The first kappa shape index (κ1) is 13.7. The zero-order valence-electron chi connectivity index (χ0n) is 11.3. The van der Waals surface area contributed by atoms with Crippen molar-refractivity contribution in [2.75, 3.05) is 19.0 Å². The molecule has 2 N–H and O–H groups in total. The predicted molar refractivity (Wildman–Crippen MR) is 78.0 cm³/mol. The van der Waals surface area contributed by atoms with Gasteiger partial charge in [0.05, 0.1) is 5.56 Å². The highest BCUT2D eigenvalue weighted by molar-refractivity contribution is 5.94. The Hall–Kier alpha value is -2.69. The van der Waals surface area contributed by atoms with E-state index >= 15 is 0 Å². The summed E-state index contributed by atoms with van der Waals surface area (Å²) in [5.41, 5.74) is 10.2. The third-order valence-electron chi connectivity index (χ3n) is 3.07. The van der Waals surface area contributed by atoms with Crippen LogP contribution in [0.1, 0.15) is 10.4 Å². The minimum atomic E-state index is -1.08. The van der Waals surface area contributed by atoms with E-state index in [-0.39, 0.29) is 11.3 Å². The standard InChI is InChI=1S/C15H15N3O2/c1-18(2)12-6-3-10(4-7-12)11-5-8-13(15(19)20)14(9-11)17-16/h3-9,16H,1-2H3,(H,19,20). The highest BCUT2D eigenvalue weighted by Gasteiger charge is 2.11. The van der Waals surface area contributed by atoms with Gasteiger partial charge in [0.25, 0.3) is 0 Å². The number of nitrogens with one attached hydrogen (secondary N) is 1. The zero-order chi connectivity index (χ0) is 14.7. The van der Waals surface area contributed by atoms with E-state index in [9.17, 15) is 4.79 Å². The van der Waals surface area contributed by atoms with Crippen LogP contribution in [-0.4, -0.2) is 25.2 Å². The molecule has 0 radical (unpaired) electrons. The normalized spacial score (nSPS) is 10.1. The Morgan fingerprint density at radius 2 is 1.70 bits per heavy atom. The topological polar surface area (TPSA) is 76.8 Å². The molecular formula is C15H15N3O2. The molecule has 0 amide bonds. The molecule has 2 rings (SSSR count). The summed E-state index contributed by atoms with van der Waals surface area (Å²) >= 11 is 0. The molecule has 0 atom stereocenters. The van der Waals surface area contributed by atoms with Crippen molar-refractivity contribution in [1.82, 2.24) is 0 Å². The third-order valence-corrected chi connectivity index (χ3v) is 3.07. The second kappa shape index (κ2) is 5.52. The minimum absolute atomic E-state index is 0.0358. The summed E-state index contributed by atoms with van der Waals surface area (Å²) in [7, 11) is 3.93. The van der Waals surface area contributed by atoms with Crippen LogP contribution in [0.2, 0.25) is 0 Å². The van der Waals surface area contributed by atoms with E-state index in [1.165, 1.54) is 6.07 Å². The average molecular weight is 269 g/mol. The van der Waals surface area contributed by atoms with Gasteiger partial charge in [0.1, 0.15) is 5.69 Å². The number of benzene rings is 2. The SMILES string of the molecule is CN(C)c1ccc(-c2ccc(C(=O)O)c(N=N)c2)cc1. The van der Waals surface area contributed by atoms with E-state index in [1.807, 2.05) is 43.3 Å². The van der Waals surface area contributed by atoms with Gasteiger partial charge in [0.2, 0.25) is 0 Å².